The molecule has 0 aliphatic carbocycles. The first kappa shape index (κ1) is 10.4. The number of nitrogens with two attached hydrogens (primary N) is 1. The summed E-state index contributed by atoms with van der Waals surface area (Å²) in [6, 6.07) is -0.464. The lowest BCUT2D eigenvalue weighted by atomic mass is 10.2. The Morgan fingerprint density at radius 1 is 1.73 bits per heavy atom. The third-order valence-electron chi connectivity index (χ3n) is 1.45. The van der Waals surface area contributed by atoms with Gasteiger partial charge in [0.15, 0.2) is 0 Å². The van der Waals surface area contributed by atoms with Crippen LogP contribution in [0.1, 0.15) is 12.8 Å². The van der Waals surface area contributed by atoms with Gasteiger partial charge in [-0.05, 0) is 26.4 Å². The van der Waals surface area contributed by atoms with E-state index in [1.165, 1.54) is 7.11 Å². The molecule has 0 fully saturated rings. The highest BCUT2D eigenvalue weighted by Gasteiger charge is 2.11. The van der Waals surface area contributed by atoms with E-state index in [0.29, 0.717) is 6.42 Å². The van der Waals surface area contributed by atoms with Gasteiger partial charge in [0.25, 0.3) is 0 Å². The van der Waals surface area contributed by atoms with Gasteiger partial charge < -0.3 is 15.8 Å². The molecular formula is C7H16N2O2. The number of hydrogen-bond donors (Lipinski definition) is 2. The molecule has 0 radical (unpaired) electrons. The zero-order valence-corrected chi connectivity index (χ0v) is 7.09. The normalized spacial score (nSPS) is 12.6. The predicted molar refractivity (Wildman–Crippen MR) is 43.2 cm³/mol. The van der Waals surface area contributed by atoms with E-state index in [2.05, 4.69) is 10.1 Å². The third-order valence-corrected chi connectivity index (χ3v) is 1.45. The maximum Gasteiger partial charge on any atom is 0.322 e. The summed E-state index contributed by atoms with van der Waals surface area (Å²) >= 11 is 0. The van der Waals surface area contributed by atoms with Crippen LogP contribution in [0, 0.1) is 0 Å². The highest BCUT2D eigenvalue weighted by molar-refractivity contribution is 5.75. The minimum absolute atomic E-state index is 0.332. The van der Waals surface area contributed by atoms with Crippen LogP contribution in [-0.4, -0.2) is 32.7 Å². The summed E-state index contributed by atoms with van der Waals surface area (Å²) in [5, 5.41) is 2.97. The van der Waals surface area contributed by atoms with E-state index < -0.39 is 6.04 Å². The molecule has 3 N–H and O–H groups in total. The molecule has 0 aromatic carbocycles. The largest absolute Gasteiger partial charge is 0.468 e. The van der Waals surface area contributed by atoms with Crippen LogP contribution in [0.25, 0.3) is 0 Å². The first-order valence-corrected chi connectivity index (χ1v) is 3.70. The number of esters is 1. The fraction of sp³-hybridized carbons (Fsp3) is 0.857. The van der Waals surface area contributed by atoms with Gasteiger partial charge in [0.2, 0.25) is 0 Å². The molecule has 0 rings (SSSR count). The lowest BCUT2D eigenvalue weighted by molar-refractivity contribution is -0.142. The van der Waals surface area contributed by atoms with Gasteiger partial charge in [0.1, 0.15) is 6.04 Å². The minimum Gasteiger partial charge on any atom is -0.468 e. The van der Waals surface area contributed by atoms with Crippen molar-refractivity contribution in [2.75, 3.05) is 20.7 Å². The Hall–Kier alpha value is -0.610. The average Bonchev–Trinajstić information content (AvgIpc) is 2.03. The van der Waals surface area contributed by atoms with Crippen molar-refractivity contribution in [2.45, 2.75) is 18.9 Å². The van der Waals surface area contributed by atoms with Crippen LogP contribution in [0.4, 0.5) is 0 Å². The van der Waals surface area contributed by atoms with Crippen molar-refractivity contribution in [3.8, 4) is 0 Å². The topological polar surface area (TPSA) is 64.3 Å². The van der Waals surface area contributed by atoms with Crippen LogP contribution in [-0.2, 0) is 9.53 Å². The molecule has 0 aromatic rings. The highest BCUT2D eigenvalue weighted by Crippen LogP contribution is 1.94. The Morgan fingerprint density at radius 2 is 2.36 bits per heavy atom. The van der Waals surface area contributed by atoms with Crippen LogP contribution in [0.2, 0.25) is 0 Å². The van der Waals surface area contributed by atoms with Gasteiger partial charge in [-0.25, -0.2) is 0 Å². The van der Waals surface area contributed by atoms with Gasteiger partial charge in [-0.3, -0.25) is 4.79 Å². The Morgan fingerprint density at radius 3 is 2.82 bits per heavy atom. The SMILES string of the molecule is CNCCCC(N)C(=O)OC. The quantitative estimate of drug-likeness (QED) is 0.420. The smallest absolute Gasteiger partial charge is 0.322 e. The number of ether oxygens (including phenoxy) is 1. The molecule has 0 saturated carbocycles. The van der Waals surface area contributed by atoms with Crippen LogP contribution in [0.15, 0.2) is 0 Å². The second-order valence-electron chi connectivity index (χ2n) is 2.38. The molecule has 0 aliphatic rings. The van der Waals surface area contributed by atoms with Crippen molar-refractivity contribution in [1.29, 1.82) is 0 Å². The molecule has 1 unspecified atom stereocenters. The summed E-state index contributed by atoms with van der Waals surface area (Å²) in [7, 11) is 3.21. The monoisotopic (exact) mass is 160 g/mol. The number of methoxy groups -OCH3 is 1. The third kappa shape index (κ3) is 4.75. The van der Waals surface area contributed by atoms with Crippen LogP contribution in [0.3, 0.4) is 0 Å². The van der Waals surface area contributed by atoms with Gasteiger partial charge in [0.05, 0.1) is 7.11 Å². The number of nitrogens with one attached hydrogen (secondary N) is 1. The molecule has 0 aromatic heterocycles. The zero-order chi connectivity index (χ0) is 8.69. The standard InChI is InChI=1S/C7H16N2O2/c1-9-5-3-4-6(8)7(10)11-2/h6,9H,3-5,8H2,1-2H3. The number of carbonyl (C=O) groups excluding carboxylic acids is 1. The molecule has 0 saturated heterocycles. The summed E-state index contributed by atoms with van der Waals surface area (Å²) in [4.78, 5) is 10.7. The van der Waals surface area contributed by atoms with Gasteiger partial charge in [-0.2, -0.15) is 0 Å². The van der Waals surface area contributed by atoms with Crippen LogP contribution < -0.4 is 11.1 Å². The van der Waals surface area contributed by atoms with Crippen molar-refractivity contribution in [3.05, 3.63) is 0 Å². The van der Waals surface area contributed by atoms with Crippen molar-refractivity contribution >= 4 is 5.97 Å². The molecule has 0 amide bonds. The van der Waals surface area contributed by atoms with Crippen LogP contribution in [0.5, 0.6) is 0 Å². The fourth-order valence-electron chi connectivity index (χ4n) is 0.768. The molecule has 0 bridgehead atoms. The van der Waals surface area contributed by atoms with Gasteiger partial charge in [-0.1, -0.05) is 0 Å². The van der Waals surface area contributed by atoms with Crippen molar-refractivity contribution in [3.63, 3.8) is 0 Å². The maximum atomic E-state index is 10.7. The molecule has 11 heavy (non-hydrogen) atoms. The van der Waals surface area contributed by atoms with E-state index in [1.807, 2.05) is 7.05 Å². The summed E-state index contributed by atoms with van der Waals surface area (Å²) in [5.41, 5.74) is 5.47. The van der Waals surface area contributed by atoms with Gasteiger partial charge in [-0.15, -0.1) is 0 Å². The summed E-state index contributed by atoms with van der Waals surface area (Å²) in [6.07, 6.45) is 1.57. The van der Waals surface area contributed by atoms with Crippen molar-refractivity contribution in [1.82, 2.24) is 5.32 Å². The summed E-state index contributed by atoms with van der Waals surface area (Å²) in [5.74, 6) is -0.332. The Labute approximate surface area is 67.1 Å². The van der Waals surface area contributed by atoms with E-state index in [-0.39, 0.29) is 5.97 Å². The second kappa shape index (κ2) is 6.12. The first-order valence-electron chi connectivity index (χ1n) is 3.70. The molecule has 1 atom stereocenters. The minimum atomic E-state index is -0.464. The Balaban J connectivity index is 3.36. The molecule has 0 aliphatic heterocycles. The first-order chi connectivity index (χ1) is 5.22. The lowest BCUT2D eigenvalue weighted by Crippen LogP contribution is -2.32. The molecule has 4 nitrogen and oxygen atoms in total. The Bertz CT molecular complexity index is 117. The van der Waals surface area contributed by atoms with Gasteiger partial charge >= 0.3 is 5.97 Å². The second-order valence-corrected chi connectivity index (χ2v) is 2.38. The molecule has 66 valence electrons. The van der Waals surface area contributed by atoms with Crippen LogP contribution >= 0.6 is 0 Å². The molecular weight excluding hydrogens is 144 g/mol. The zero-order valence-electron chi connectivity index (χ0n) is 7.09. The summed E-state index contributed by atoms with van der Waals surface area (Å²) < 4.78 is 4.46. The fourth-order valence-corrected chi connectivity index (χ4v) is 0.768. The predicted octanol–water partition coefficient (Wildman–Crippen LogP) is -0.514. The van der Waals surface area contributed by atoms with E-state index in [0.717, 1.165) is 13.0 Å². The highest BCUT2D eigenvalue weighted by atomic mass is 16.5. The number of hydrogen-bond acceptors (Lipinski definition) is 4. The van der Waals surface area contributed by atoms with E-state index >= 15 is 0 Å². The van der Waals surface area contributed by atoms with Crippen molar-refractivity contribution < 1.29 is 9.53 Å². The molecule has 0 heterocycles. The Kier molecular flexibility index (Phi) is 5.78. The maximum absolute atomic E-state index is 10.7. The average molecular weight is 160 g/mol. The van der Waals surface area contributed by atoms with Crippen molar-refractivity contribution in [2.24, 2.45) is 5.73 Å². The summed E-state index contributed by atoms with van der Waals surface area (Å²) in [6.45, 7) is 0.880. The number of rotatable bonds is 5. The lowest BCUT2D eigenvalue weighted by Gasteiger charge is -2.07. The molecule has 4 heteroatoms. The van der Waals surface area contributed by atoms with E-state index in [9.17, 15) is 4.79 Å². The van der Waals surface area contributed by atoms with Gasteiger partial charge in [0, 0.05) is 0 Å². The van der Waals surface area contributed by atoms with E-state index in [4.69, 9.17) is 5.73 Å². The van der Waals surface area contributed by atoms with E-state index in [1.54, 1.807) is 0 Å². The molecule has 0 spiro atoms. The number of carbonyl (C=O) groups is 1.